The number of nitrogens with one attached hydrogen (secondary N) is 1. The Hall–Kier alpha value is -2.19. The van der Waals surface area contributed by atoms with E-state index in [9.17, 15) is 17.6 Å². The molecule has 0 amide bonds. The first kappa shape index (κ1) is 20.1. The van der Waals surface area contributed by atoms with Gasteiger partial charge in [0.15, 0.2) is 23.1 Å². The van der Waals surface area contributed by atoms with Gasteiger partial charge in [-0.25, -0.2) is 4.39 Å². The number of methoxy groups -OCH3 is 1. The van der Waals surface area contributed by atoms with Gasteiger partial charge in [0.1, 0.15) is 6.10 Å². The molecule has 1 N–H and O–H groups in total. The summed E-state index contributed by atoms with van der Waals surface area (Å²) >= 11 is 0. The van der Waals surface area contributed by atoms with Crippen LogP contribution in [0.2, 0.25) is 0 Å². The molecule has 2 aromatic rings. The Morgan fingerprint density at radius 2 is 1.77 bits per heavy atom. The number of rotatable bonds is 5. The van der Waals surface area contributed by atoms with Crippen LogP contribution in [0.25, 0.3) is 11.1 Å². The normalized spacial score (nSPS) is 14.2. The Bertz CT molecular complexity index is 766. The molecule has 0 bridgehead atoms. The van der Waals surface area contributed by atoms with Crippen molar-refractivity contribution in [3.63, 3.8) is 0 Å². The van der Waals surface area contributed by atoms with Crippen molar-refractivity contribution in [3.8, 4) is 28.4 Å². The van der Waals surface area contributed by atoms with Gasteiger partial charge in [0.2, 0.25) is 0 Å². The van der Waals surface area contributed by atoms with Gasteiger partial charge in [0.25, 0.3) is 0 Å². The molecule has 26 heavy (non-hydrogen) atoms. The first-order valence-corrected chi connectivity index (χ1v) is 7.47. The highest BCUT2D eigenvalue weighted by molar-refractivity contribution is 5.85. The third-order valence-corrected chi connectivity index (χ3v) is 3.70. The van der Waals surface area contributed by atoms with E-state index in [1.54, 1.807) is 6.07 Å². The average Bonchev–Trinajstić information content (AvgIpc) is 2.50. The van der Waals surface area contributed by atoms with Crippen LogP contribution in [0.4, 0.5) is 17.6 Å². The molecule has 4 nitrogen and oxygen atoms in total. The van der Waals surface area contributed by atoms with E-state index in [0.29, 0.717) is 13.1 Å². The molecule has 0 spiro atoms. The maximum Gasteiger partial charge on any atom is 0.573 e. The summed E-state index contributed by atoms with van der Waals surface area (Å²) in [7, 11) is 1.31. The van der Waals surface area contributed by atoms with Crippen molar-refractivity contribution in [3.05, 3.63) is 42.2 Å². The van der Waals surface area contributed by atoms with Crippen molar-refractivity contribution in [2.24, 2.45) is 0 Å². The number of alkyl halides is 3. The lowest BCUT2D eigenvalue weighted by atomic mass is 10.0. The maximum atomic E-state index is 14.4. The van der Waals surface area contributed by atoms with E-state index in [0.717, 1.165) is 6.07 Å². The number of ether oxygens (including phenoxy) is 3. The van der Waals surface area contributed by atoms with E-state index in [4.69, 9.17) is 9.47 Å². The Labute approximate surface area is 153 Å². The zero-order chi connectivity index (χ0) is 18.0. The molecular weight excluding hydrogens is 378 g/mol. The van der Waals surface area contributed by atoms with Gasteiger partial charge < -0.3 is 19.5 Å². The van der Waals surface area contributed by atoms with Gasteiger partial charge in [-0.05, 0) is 23.8 Å². The molecule has 0 saturated carbocycles. The van der Waals surface area contributed by atoms with E-state index >= 15 is 0 Å². The summed E-state index contributed by atoms with van der Waals surface area (Å²) in [6.45, 7) is 1.08. The van der Waals surface area contributed by atoms with Gasteiger partial charge in [0.05, 0.1) is 7.11 Å². The second-order valence-electron chi connectivity index (χ2n) is 5.43. The van der Waals surface area contributed by atoms with Crippen molar-refractivity contribution >= 4 is 12.4 Å². The minimum Gasteiger partial charge on any atom is -0.494 e. The van der Waals surface area contributed by atoms with E-state index in [2.05, 4.69) is 10.1 Å². The molecule has 1 aliphatic heterocycles. The van der Waals surface area contributed by atoms with Crippen LogP contribution in [0.3, 0.4) is 0 Å². The van der Waals surface area contributed by atoms with Crippen molar-refractivity contribution < 1.29 is 31.8 Å². The van der Waals surface area contributed by atoms with Gasteiger partial charge in [-0.2, -0.15) is 0 Å². The number of hydrogen-bond acceptors (Lipinski definition) is 4. The highest BCUT2D eigenvalue weighted by Gasteiger charge is 2.33. The van der Waals surface area contributed by atoms with E-state index in [1.165, 1.54) is 31.4 Å². The van der Waals surface area contributed by atoms with Crippen molar-refractivity contribution in [2.75, 3.05) is 20.2 Å². The first-order valence-electron chi connectivity index (χ1n) is 7.47. The van der Waals surface area contributed by atoms with Gasteiger partial charge in [-0.1, -0.05) is 18.2 Å². The molecule has 1 fully saturated rings. The Kier molecular flexibility index (Phi) is 6.20. The predicted molar refractivity (Wildman–Crippen MR) is 89.6 cm³/mol. The minimum absolute atomic E-state index is 0. The maximum absolute atomic E-state index is 14.4. The van der Waals surface area contributed by atoms with Crippen molar-refractivity contribution in [1.82, 2.24) is 5.32 Å². The fourth-order valence-corrected chi connectivity index (χ4v) is 2.39. The molecule has 9 heteroatoms. The fourth-order valence-electron chi connectivity index (χ4n) is 2.39. The van der Waals surface area contributed by atoms with Crippen molar-refractivity contribution in [2.45, 2.75) is 12.5 Å². The molecule has 142 valence electrons. The van der Waals surface area contributed by atoms with Crippen LogP contribution in [0.5, 0.6) is 17.2 Å². The van der Waals surface area contributed by atoms with Crippen LogP contribution in [-0.4, -0.2) is 32.7 Å². The van der Waals surface area contributed by atoms with Gasteiger partial charge in [-0.3, -0.25) is 0 Å². The summed E-state index contributed by atoms with van der Waals surface area (Å²) in [4.78, 5) is 0. The van der Waals surface area contributed by atoms with Gasteiger partial charge in [-0.15, -0.1) is 25.6 Å². The average molecular weight is 394 g/mol. The van der Waals surface area contributed by atoms with Crippen LogP contribution in [0, 0.1) is 5.82 Å². The SMILES string of the molecule is COc1cccc(-c2ccc(OC3CNC3)c(OC(F)(F)F)c2)c1F.Cl. The van der Waals surface area contributed by atoms with E-state index in [1.807, 2.05) is 0 Å². The summed E-state index contributed by atoms with van der Waals surface area (Å²) in [5.41, 5.74) is 0.318. The third-order valence-electron chi connectivity index (χ3n) is 3.70. The lowest BCUT2D eigenvalue weighted by molar-refractivity contribution is -0.275. The fraction of sp³-hybridized carbons (Fsp3) is 0.294. The van der Waals surface area contributed by atoms with E-state index in [-0.39, 0.29) is 41.1 Å². The lowest BCUT2D eigenvalue weighted by Crippen LogP contribution is -2.50. The van der Waals surface area contributed by atoms with Crippen LogP contribution >= 0.6 is 12.4 Å². The monoisotopic (exact) mass is 393 g/mol. The highest BCUT2D eigenvalue weighted by atomic mass is 35.5. The summed E-state index contributed by atoms with van der Waals surface area (Å²) < 4.78 is 66.9. The molecule has 0 radical (unpaired) electrons. The predicted octanol–water partition coefficient (Wildman–Crippen LogP) is 4.17. The third kappa shape index (κ3) is 4.50. The summed E-state index contributed by atoms with van der Waals surface area (Å²) in [6, 6.07) is 8.34. The quantitative estimate of drug-likeness (QED) is 0.774. The zero-order valence-corrected chi connectivity index (χ0v) is 14.4. The number of benzene rings is 2. The molecule has 0 aliphatic carbocycles. The zero-order valence-electron chi connectivity index (χ0n) is 13.6. The van der Waals surface area contributed by atoms with Crippen LogP contribution < -0.4 is 19.5 Å². The Morgan fingerprint density at radius 1 is 1.04 bits per heavy atom. The molecule has 0 aromatic heterocycles. The molecule has 1 saturated heterocycles. The molecule has 1 aliphatic rings. The molecule has 0 atom stereocenters. The topological polar surface area (TPSA) is 39.7 Å². The number of halogens is 5. The largest absolute Gasteiger partial charge is 0.573 e. The Morgan fingerprint density at radius 3 is 2.35 bits per heavy atom. The lowest BCUT2D eigenvalue weighted by Gasteiger charge is -2.28. The second-order valence-corrected chi connectivity index (χ2v) is 5.43. The molecule has 2 aromatic carbocycles. The van der Waals surface area contributed by atoms with Crippen LogP contribution in [0.15, 0.2) is 36.4 Å². The first-order chi connectivity index (χ1) is 11.9. The van der Waals surface area contributed by atoms with E-state index < -0.39 is 17.9 Å². The minimum atomic E-state index is -4.89. The number of hydrogen-bond donors (Lipinski definition) is 1. The van der Waals surface area contributed by atoms with Crippen molar-refractivity contribution in [1.29, 1.82) is 0 Å². The summed E-state index contributed by atoms with van der Waals surface area (Å²) in [5.74, 6) is -1.23. The molecule has 0 unspecified atom stereocenters. The smallest absolute Gasteiger partial charge is 0.494 e. The van der Waals surface area contributed by atoms with Gasteiger partial charge >= 0.3 is 6.36 Å². The molecule has 1 heterocycles. The molecular formula is C17H16ClF4NO3. The standard InChI is InChI=1S/C17H15F4NO3.ClH/c1-23-14-4-2-3-12(16(14)18)10-5-6-13(24-11-8-22-9-11)15(7-10)25-17(19,20)21;/h2-7,11,22H,8-9H2,1H3;1H. The summed E-state index contributed by atoms with van der Waals surface area (Å²) in [5, 5.41) is 2.96. The summed E-state index contributed by atoms with van der Waals surface area (Å²) in [6.07, 6.45) is -5.11. The van der Waals surface area contributed by atoms with Gasteiger partial charge in [0, 0.05) is 18.7 Å². The highest BCUT2D eigenvalue weighted by Crippen LogP contribution is 2.38. The Balaban J connectivity index is 0.00000243. The van der Waals surface area contributed by atoms with Crippen LogP contribution in [0.1, 0.15) is 0 Å². The van der Waals surface area contributed by atoms with Crippen LogP contribution in [-0.2, 0) is 0 Å². The molecule has 3 rings (SSSR count). The second kappa shape index (κ2) is 8.01.